The van der Waals surface area contributed by atoms with Crippen LogP contribution in [0.1, 0.15) is 41.8 Å². The predicted octanol–water partition coefficient (Wildman–Crippen LogP) is 2.04. The molecule has 1 aromatic carbocycles. The highest BCUT2D eigenvalue weighted by Gasteiger charge is 2.21. The average molecular weight is 277 g/mol. The molecule has 0 bridgehead atoms. The van der Waals surface area contributed by atoms with E-state index in [0.717, 1.165) is 11.1 Å². The van der Waals surface area contributed by atoms with Gasteiger partial charge in [0.25, 0.3) is 5.91 Å². The van der Waals surface area contributed by atoms with Gasteiger partial charge in [-0.15, -0.1) is 0 Å². The molecule has 0 atom stereocenters. The van der Waals surface area contributed by atoms with Crippen molar-refractivity contribution in [1.82, 2.24) is 4.90 Å². The zero-order chi connectivity index (χ0) is 14.7. The van der Waals surface area contributed by atoms with Gasteiger partial charge in [-0.2, -0.15) is 0 Å². The second-order valence-corrected chi connectivity index (χ2v) is 5.21. The van der Waals surface area contributed by atoms with Crippen LogP contribution in [0.3, 0.4) is 0 Å². The van der Waals surface area contributed by atoms with Crippen LogP contribution in [0.2, 0.25) is 0 Å². The van der Waals surface area contributed by atoms with Gasteiger partial charge in [0, 0.05) is 18.2 Å². The van der Waals surface area contributed by atoms with Crippen LogP contribution in [0, 0.1) is 0 Å². The largest absolute Gasteiger partial charge is 0.481 e. The minimum Gasteiger partial charge on any atom is -0.481 e. The molecule has 20 heavy (non-hydrogen) atoms. The lowest BCUT2D eigenvalue weighted by Crippen LogP contribution is -2.38. The van der Waals surface area contributed by atoms with Gasteiger partial charge in [0.1, 0.15) is 0 Å². The predicted molar refractivity (Wildman–Crippen MR) is 73.4 cm³/mol. The molecule has 0 fully saturated rings. The van der Waals surface area contributed by atoms with Crippen molar-refractivity contribution in [2.45, 2.75) is 39.5 Å². The molecule has 1 heterocycles. The molecule has 0 saturated carbocycles. The van der Waals surface area contributed by atoms with Crippen molar-refractivity contribution in [2.24, 2.45) is 0 Å². The SMILES string of the molecule is CC(C)N(CCC(=O)O)C(=O)c1ccc2c(c1)COC2. The highest BCUT2D eigenvalue weighted by molar-refractivity contribution is 5.95. The van der Waals surface area contributed by atoms with Gasteiger partial charge in [0.2, 0.25) is 0 Å². The number of benzene rings is 1. The first-order valence-corrected chi connectivity index (χ1v) is 6.71. The smallest absolute Gasteiger partial charge is 0.305 e. The van der Waals surface area contributed by atoms with Crippen LogP contribution in [0.15, 0.2) is 18.2 Å². The number of carboxylic acids is 1. The lowest BCUT2D eigenvalue weighted by Gasteiger charge is -2.26. The fourth-order valence-electron chi connectivity index (χ4n) is 2.28. The number of amides is 1. The van der Waals surface area contributed by atoms with Gasteiger partial charge in [-0.3, -0.25) is 9.59 Å². The van der Waals surface area contributed by atoms with Crippen LogP contribution in [-0.2, 0) is 22.7 Å². The summed E-state index contributed by atoms with van der Waals surface area (Å²) in [6.07, 6.45) is -0.0437. The van der Waals surface area contributed by atoms with E-state index < -0.39 is 5.97 Å². The molecule has 0 spiro atoms. The Morgan fingerprint density at radius 3 is 2.65 bits per heavy atom. The molecular formula is C15H19NO4. The van der Waals surface area contributed by atoms with E-state index in [1.807, 2.05) is 26.0 Å². The maximum atomic E-state index is 12.5. The maximum Gasteiger partial charge on any atom is 0.305 e. The third-order valence-electron chi connectivity index (χ3n) is 3.42. The van der Waals surface area contributed by atoms with E-state index in [9.17, 15) is 9.59 Å². The fraction of sp³-hybridized carbons (Fsp3) is 0.467. The number of carboxylic acid groups (broad SMARTS) is 1. The van der Waals surface area contributed by atoms with Crippen LogP contribution >= 0.6 is 0 Å². The van der Waals surface area contributed by atoms with Crippen molar-refractivity contribution >= 4 is 11.9 Å². The standard InChI is InChI=1S/C15H19NO4/c1-10(2)16(6-5-14(17)18)15(19)11-3-4-12-8-20-9-13(12)7-11/h3-4,7,10H,5-6,8-9H2,1-2H3,(H,17,18). The molecule has 108 valence electrons. The Morgan fingerprint density at radius 1 is 1.30 bits per heavy atom. The molecule has 0 aliphatic carbocycles. The number of hydrogen-bond donors (Lipinski definition) is 1. The molecule has 0 unspecified atom stereocenters. The number of fused-ring (bicyclic) bond motifs is 1. The Labute approximate surface area is 118 Å². The van der Waals surface area contributed by atoms with Crippen LogP contribution < -0.4 is 0 Å². The molecule has 0 radical (unpaired) electrons. The van der Waals surface area contributed by atoms with Crippen molar-refractivity contribution in [3.8, 4) is 0 Å². The Bertz CT molecular complexity index is 525. The third kappa shape index (κ3) is 3.17. The van der Waals surface area contributed by atoms with Crippen molar-refractivity contribution in [3.05, 3.63) is 34.9 Å². The van der Waals surface area contributed by atoms with E-state index in [1.54, 1.807) is 11.0 Å². The summed E-state index contributed by atoms with van der Waals surface area (Å²) >= 11 is 0. The lowest BCUT2D eigenvalue weighted by atomic mass is 10.0. The summed E-state index contributed by atoms with van der Waals surface area (Å²) in [7, 11) is 0. The van der Waals surface area contributed by atoms with Gasteiger partial charge in [-0.1, -0.05) is 6.07 Å². The molecule has 0 saturated heterocycles. The number of ether oxygens (including phenoxy) is 1. The highest BCUT2D eigenvalue weighted by atomic mass is 16.5. The molecule has 1 amide bonds. The third-order valence-corrected chi connectivity index (χ3v) is 3.42. The summed E-state index contributed by atoms with van der Waals surface area (Å²) in [4.78, 5) is 24.8. The van der Waals surface area contributed by atoms with Crippen LogP contribution in [0.5, 0.6) is 0 Å². The lowest BCUT2D eigenvalue weighted by molar-refractivity contribution is -0.137. The Morgan fingerprint density at radius 2 is 2.00 bits per heavy atom. The molecule has 5 heteroatoms. The summed E-state index contributed by atoms with van der Waals surface area (Å²) in [6, 6.07) is 5.50. The van der Waals surface area contributed by atoms with Gasteiger partial charge in [0.15, 0.2) is 0 Å². The first-order chi connectivity index (χ1) is 9.49. The van der Waals surface area contributed by atoms with Crippen LogP contribution in [0.4, 0.5) is 0 Å². The van der Waals surface area contributed by atoms with Gasteiger partial charge >= 0.3 is 5.97 Å². The quantitative estimate of drug-likeness (QED) is 0.894. The number of nitrogens with zero attached hydrogens (tertiary/aromatic N) is 1. The normalized spacial score (nSPS) is 13.3. The molecule has 0 aromatic heterocycles. The van der Waals surface area contributed by atoms with E-state index in [4.69, 9.17) is 9.84 Å². The zero-order valence-corrected chi connectivity index (χ0v) is 11.8. The van der Waals surface area contributed by atoms with Crippen molar-refractivity contribution in [3.63, 3.8) is 0 Å². The van der Waals surface area contributed by atoms with Crippen molar-refractivity contribution in [1.29, 1.82) is 0 Å². The maximum absolute atomic E-state index is 12.5. The van der Waals surface area contributed by atoms with Gasteiger partial charge in [-0.05, 0) is 37.1 Å². The molecule has 1 aromatic rings. The average Bonchev–Trinajstić information content (AvgIpc) is 2.84. The summed E-state index contributed by atoms with van der Waals surface area (Å²) in [5.41, 5.74) is 2.74. The van der Waals surface area contributed by atoms with Crippen molar-refractivity contribution < 1.29 is 19.4 Å². The minimum absolute atomic E-state index is 0.0358. The number of carbonyl (C=O) groups is 2. The number of rotatable bonds is 5. The molecule has 2 rings (SSSR count). The van der Waals surface area contributed by atoms with Crippen LogP contribution in [0.25, 0.3) is 0 Å². The van der Waals surface area contributed by atoms with E-state index in [2.05, 4.69) is 0 Å². The number of hydrogen-bond acceptors (Lipinski definition) is 3. The fourth-order valence-corrected chi connectivity index (χ4v) is 2.28. The second kappa shape index (κ2) is 6.05. The number of carbonyl (C=O) groups excluding carboxylic acids is 1. The zero-order valence-electron chi connectivity index (χ0n) is 11.8. The molecular weight excluding hydrogens is 258 g/mol. The molecule has 1 aliphatic heterocycles. The first-order valence-electron chi connectivity index (χ1n) is 6.71. The summed E-state index contributed by atoms with van der Waals surface area (Å²) in [5.74, 6) is -1.03. The van der Waals surface area contributed by atoms with E-state index in [1.165, 1.54) is 0 Å². The summed E-state index contributed by atoms with van der Waals surface area (Å²) in [5, 5.41) is 8.77. The van der Waals surface area contributed by atoms with E-state index in [0.29, 0.717) is 18.8 Å². The second-order valence-electron chi connectivity index (χ2n) is 5.21. The van der Waals surface area contributed by atoms with Gasteiger partial charge in [-0.25, -0.2) is 0 Å². The molecule has 1 aliphatic rings. The Kier molecular flexibility index (Phi) is 4.39. The van der Waals surface area contributed by atoms with Crippen LogP contribution in [-0.4, -0.2) is 34.5 Å². The van der Waals surface area contributed by atoms with Crippen molar-refractivity contribution in [2.75, 3.05) is 6.54 Å². The molecule has 5 nitrogen and oxygen atoms in total. The Balaban J connectivity index is 2.16. The van der Waals surface area contributed by atoms with E-state index in [-0.39, 0.29) is 24.9 Å². The van der Waals surface area contributed by atoms with E-state index >= 15 is 0 Å². The summed E-state index contributed by atoms with van der Waals surface area (Å²) in [6.45, 7) is 5.12. The Hall–Kier alpha value is -1.88. The first kappa shape index (κ1) is 14.5. The summed E-state index contributed by atoms with van der Waals surface area (Å²) < 4.78 is 5.33. The van der Waals surface area contributed by atoms with Gasteiger partial charge < -0.3 is 14.7 Å². The van der Waals surface area contributed by atoms with Gasteiger partial charge in [0.05, 0.1) is 19.6 Å². The number of aliphatic carboxylic acids is 1. The monoisotopic (exact) mass is 277 g/mol. The molecule has 1 N–H and O–H groups in total. The minimum atomic E-state index is -0.897. The highest BCUT2D eigenvalue weighted by Crippen LogP contribution is 2.22. The topological polar surface area (TPSA) is 66.8 Å².